The van der Waals surface area contributed by atoms with Crippen molar-refractivity contribution in [2.75, 3.05) is 5.32 Å². The van der Waals surface area contributed by atoms with Crippen molar-refractivity contribution in [3.63, 3.8) is 0 Å². The van der Waals surface area contributed by atoms with Crippen LogP contribution < -0.4 is 10.8 Å². The van der Waals surface area contributed by atoms with Gasteiger partial charge >= 0.3 is 7.12 Å². The van der Waals surface area contributed by atoms with Crippen molar-refractivity contribution < 1.29 is 10.0 Å². The Morgan fingerprint density at radius 2 is 1.89 bits per heavy atom. The summed E-state index contributed by atoms with van der Waals surface area (Å²) < 4.78 is 0. The monoisotopic (exact) mass is 253 g/mol. The molecule has 19 heavy (non-hydrogen) atoms. The van der Waals surface area contributed by atoms with Gasteiger partial charge in [0, 0.05) is 16.8 Å². The highest BCUT2D eigenvalue weighted by Gasteiger charge is 2.15. The van der Waals surface area contributed by atoms with E-state index in [1.807, 2.05) is 30.3 Å². The van der Waals surface area contributed by atoms with Crippen LogP contribution >= 0.6 is 0 Å². The third-order valence-corrected chi connectivity index (χ3v) is 2.93. The number of para-hydroxylation sites is 1. The van der Waals surface area contributed by atoms with E-state index >= 15 is 0 Å². The molecule has 2 aromatic carbocycles. The van der Waals surface area contributed by atoms with Crippen LogP contribution in [-0.2, 0) is 0 Å². The number of anilines is 2. The lowest BCUT2D eigenvalue weighted by Crippen LogP contribution is -2.29. The Hall–Kier alpha value is -2.31. The summed E-state index contributed by atoms with van der Waals surface area (Å²) in [5.41, 5.74) is 2.87. The number of rotatable bonds is 3. The number of nitrogens with zero attached hydrogens (tertiary/aromatic N) is 1. The number of fused-ring (bicyclic) bond motifs is 1. The predicted octanol–water partition coefficient (Wildman–Crippen LogP) is 0.986. The van der Waals surface area contributed by atoms with E-state index in [9.17, 15) is 10.0 Å². The van der Waals surface area contributed by atoms with Crippen LogP contribution in [0.15, 0.2) is 48.7 Å². The summed E-state index contributed by atoms with van der Waals surface area (Å²) in [5, 5.41) is 29.6. The van der Waals surface area contributed by atoms with Crippen molar-refractivity contribution in [3.8, 4) is 0 Å². The van der Waals surface area contributed by atoms with Gasteiger partial charge in [-0.15, -0.1) is 0 Å². The molecule has 6 heteroatoms. The minimum absolute atomic E-state index is 0.412. The van der Waals surface area contributed by atoms with Crippen LogP contribution in [0.25, 0.3) is 10.9 Å². The van der Waals surface area contributed by atoms with Gasteiger partial charge in [0.15, 0.2) is 0 Å². The number of hydrogen-bond donors (Lipinski definition) is 4. The summed E-state index contributed by atoms with van der Waals surface area (Å²) in [4.78, 5) is 0. The standard InChI is InChI=1S/C13H12BN3O2/c18-14(19)9-6-12(11-8-15-17-13(11)7-9)16-10-4-2-1-3-5-10/h1-8,16,18-19H,(H,15,17). The van der Waals surface area contributed by atoms with E-state index in [1.54, 1.807) is 18.3 Å². The number of H-pyrrole nitrogens is 1. The van der Waals surface area contributed by atoms with Gasteiger partial charge in [0.1, 0.15) is 0 Å². The maximum absolute atomic E-state index is 9.30. The Kier molecular flexibility index (Phi) is 2.95. The Labute approximate surface area is 110 Å². The molecule has 4 N–H and O–H groups in total. The van der Waals surface area contributed by atoms with E-state index < -0.39 is 7.12 Å². The highest BCUT2D eigenvalue weighted by Crippen LogP contribution is 2.24. The molecule has 94 valence electrons. The molecule has 0 saturated carbocycles. The summed E-state index contributed by atoms with van der Waals surface area (Å²) in [7, 11) is -1.51. The molecule has 0 spiro atoms. The smallest absolute Gasteiger partial charge is 0.423 e. The Morgan fingerprint density at radius 1 is 1.11 bits per heavy atom. The molecule has 0 radical (unpaired) electrons. The van der Waals surface area contributed by atoms with E-state index in [2.05, 4.69) is 15.5 Å². The summed E-state index contributed by atoms with van der Waals surface area (Å²) in [6, 6.07) is 13.0. The molecular formula is C13H12BN3O2. The van der Waals surface area contributed by atoms with Crippen molar-refractivity contribution in [3.05, 3.63) is 48.7 Å². The normalized spacial score (nSPS) is 10.6. The van der Waals surface area contributed by atoms with Crippen LogP contribution in [0.3, 0.4) is 0 Å². The fourth-order valence-electron chi connectivity index (χ4n) is 2.00. The first-order chi connectivity index (χ1) is 9.24. The molecule has 0 bridgehead atoms. The van der Waals surface area contributed by atoms with E-state index in [1.165, 1.54) is 0 Å². The average molecular weight is 253 g/mol. The first-order valence-electron chi connectivity index (χ1n) is 5.89. The third kappa shape index (κ3) is 2.31. The van der Waals surface area contributed by atoms with Crippen molar-refractivity contribution >= 4 is 34.9 Å². The molecule has 0 amide bonds. The highest BCUT2D eigenvalue weighted by atomic mass is 16.4. The van der Waals surface area contributed by atoms with E-state index in [-0.39, 0.29) is 0 Å². The minimum Gasteiger partial charge on any atom is -0.423 e. The van der Waals surface area contributed by atoms with Crippen LogP contribution in [0, 0.1) is 0 Å². The average Bonchev–Trinajstić information content (AvgIpc) is 2.88. The zero-order valence-electron chi connectivity index (χ0n) is 10.0. The quantitative estimate of drug-likeness (QED) is 0.524. The van der Waals surface area contributed by atoms with Crippen LogP contribution in [0.5, 0.6) is 0 Å². The molecule has 1 aromatic heterocycles. The van der Waals surface area contributed by atoms with Crippen molar-refractivity contribution in [2.24, 2.45) is 0 Å². The van der Waals surface area contributed by atoms with E-state index in [0.29, 0.717) is 5.46 Å². The third-order valence-electron chi connectivity index (χ3n) is 2.93. The zero-order valence-corrected chi connectivity index (χ0v) is 10.0. The van der Waals surface area contributed by atoms with Gasteiger partial charge in [-0.1, -0.05) is 18.2 Å². The molecular weight excluding hydrogens is 241 g/mol. The van der Waals surface area contributed by atoms with Crippen LogP contribution in [0.4, 0.5) is 11.4 Å². The van der Waals surface area contributed by atoms with Gasteiger partial charge in [0.25, 0.3) is 0 Å². The summed E-state index contributed by atoms with van der Waals surface area (Å²) >= 11 is 0. The number of aromatic nitrogens is 2. The van der Waals surface area contributed by atoms with Gasteiger partial charge in [-0.25, -0.2) is 0 Å². The van der Waals surface area contributed by atoms with Gasteiger partial charge in [-0.2, -0.15) is 5.10 Å². The first-order valence-corrected chi connectivity index (χ1v) is 5.89. The van der Waals surface area contributed by atoms with Crippen LogP contribution in [-0.4, -0.2) is 27.4 Å². The SMILES string of the molecule is OB(O)c1cc(Nc2ccccc2)c2cn[nH]c2c1. The summed E-state index contributed by atoms with van der Waals surface area (Å²) in [6.07, 6.45) is 1.70. The van der Waals surface area contributed by atoms with Gasteiger partial charge in [0.05, 0.1) is 11.7 Å². The van der Waals surface area contributed by atoms with Gasteiger partial charge in [0.2, 0.25) is 0 Å². The second-order valence-electron chi connectivity index (χ2n) is 4.26. The molecule has 0 atom stereocenters. The second kappa shape index (κ2) is 4.76. The first kappa shape index (κ1) is 11.8. The fourth-order valence-corrected chi connectivity index (χ4v) is 2.00. The molecule has 0 fully saturated rings. The van der Waals surface area contributed by atoms with Gasteiger partial charge in [-0.05, 0) is 29.7 Å². The van der Waals surface area contributed by atoms with Crippen LogP contribution in [0.1, 0.15) is 0 Å². The lowest BCUT2D eigenvalue weighted by atomic mass is 9.79. The molecule has 0 aliphatic heterocycles. The predicted molar refractivity (Wildman–Crippen MR) is 75.6 cm³/mol. The molecule has 5 nitrogen and oxygen atoms in total. The molecule has 0 aliphatic rings. The maximum Gasteiger partial charge on any atom is 0.488 e. The highest BCUT2D eigenvalue weighted by molar-refractivity contribution is 6.59. The number of hydrogen-bond acceptors (Lipinski definition) is 4. The van der Waals surface area contributed by atoms with Crippen LogP contribution in [0.2, 0.25) is 0 Å². The van der Waals surface area contributed by atoms with E-state index in [4.69, 9.17) is 0 Å². The lowest BCUT2D eigenvalue weighted by molar-refractivity contribution is 0.426. The maximum atomic E-state index is 9.30. The van der Waals surface area contributed by atoms with Crippen molar-refractivity contribution in [1.82, 2.24) is 10.2 Å². The Bertz CT molecular complexity index is 697. The Morgan fingerprint density at radius 3 is 2.63 bits per heavy atom. The largest absolute Gasteiger partial charge is 0.488 e. The minimum atomic E-state index is -1.51. The number of benzene rings is 2. The topological polar surface area (TPSA) is 81.2 Å². The lowest BCUT2D eigenvalue weighted by Gasteiger charge is -2.09. The molecule has 0 aliphatic carbocycles. The van der Waals surface area contributed by atoms with Gasteiger partial charge < -0.3 is 15.4 Å². The second-order valence-corrected chi connectivity index (χ2v) is 4.26. The van der Waals surface area contributed by atoms with Gasteiger partial charge in [-0.3, -0.25) is 5.10 Å². The molecule has 1 heterocycles. The van der Waals surface area contributed by atoms with E-state index in [0.717, 1.165) is 22.3 Å². The van der Waals surface area contributed by atoms with Crippen molar-refractivity contribution in [2.45, 2.75) is 0 Å². The fraction of sp³-hybridized carbons (Fsp3) is 0. The molecule has 3 aromatic rings. The van der Waals surface area contributed by atoms with Crippen molar-refractivity contribution in [1.29, 1.82) is 0 Å². The Balaban J connectivity index is 2.08. The molecule has 3 rings (SSSR count). The number of aromatic amines is 1. The number of nitrogens with one attached hydrogen (secondary N) is 2. The summed E-state index contributed by atoms with van der Waals surface area (Å²) in [5.74, 6) is 0. The summed E-state index contributed by atoms with van der Waals surface area (Å²) in [6.45, 7) is 0. The molecule has 0 saturated heterocycles. The zero-order chi connectivity index (χ0) is 13.2. The molecule has 0 unspecified atom stereocenters.